The fourth-order valence-corrected chi connectivity index (χ4v) is 2.63. The van der Waals surface area contributed by atoms with Crippen LogP contribution in [0.15, 0.2) is 18.2 Å². The molecule has 0 aliphatic heterocycles. The summed E-state index contributed by atoms with van der Waals surface area (Å²) in [6.07, 6.45) is 1.04. The molecule has 1 aromatic heterocycles. The molecule has 2 rings (SSSR count). The zero-order chi connectivity index (χ0) is 14.9. The van der Waals surface area contributed by atoms with E-state index in [4.69, 9.17) is 4.74 Å². The maximum atomic E-state index is 5.36. The third-order valence-electron chi connectivity index (χ3n) is 3.86. The zero-order valence-corrected chi connectivity index (χ0v) is 13.5. The van der Waals surface area contributed by atoms with Gasteiger partial charge in [0.25, 0.3) is 0 Å². The minimum Gasteiger partial charge on any atom is -0.497 e. The van der Waals surface area contributed by atoms with Gasteiger partial charge in [0.15, 0.2) is 0 Å². The number of fused-ring (bicyclic) bond motifs is 1. The summed E-state index contributed by atoms with van der Waals surface area (Å²) in [6, 6.07) is 6.32. The number of hydrogen-bond acceptors (Lipinski definition) is 2. The largest absolute Gasteiger partial charge is 0.497 e. The van der Waals surface area contributed by atoms with Gasteiger partial charge >= 0.3 is 0 Å². The lowest BCUT2D eigenvalue weighted by Crippen LogP contribution is -2.37. The van der Waals surface area contributed by atoms with E-state index in [1.54, 1.807) is 7.11 Å². The first-order valence-corrected chi connectivity index (χ1v) is 7.20. The molecule has 110 valence electrons. The maximum Gasteiger partial charge on any atom is 0.119 e. The van der Waals surface area contributed by atoms with Crippen LogP contribution in [0.3, 0.4) is 0 Å². The molecule has 20 heavy (non-hydrogen) atoms. The SMILES string of the molecule is COc1ccc2c(c1)c(CCNC(C)(C)C)c(C)n2C. The van der Waals surface area contributed by atoms with Crippen molar-refractivity contribution in [2.75, 3.05) is 13.7 Å². The van der Waals surface area contributed by atoms with Crippen molar-refractivity contribution < 1.29 is 4.74 Å². The third kappa shape index (κ3) is 2.98. The van der Waals surface area contributed by atoms with Gasteiger partial charge in [-0.1, -0.05) is 0 Å². The molecular formula is C17H26N2O. The van der Waals surface area contributed by atoms with Crippen molar-refractivity contribution in [2.45, 2.75) is 39.7 Å². The summed E-state index contributed by atoms with van der Waals surface area (Å²) in [5, 5.41) is 4.87. The molecule has 0 spiro atoms. The highest BCUT2D eigenvalue weighted by atomic mass is 16.5. The Kier molecular flexibility index (Phi) is 4.09. The van der Waals surface area contributed by atoms with Crippen molar-refractivity contribution in [2.24, 2.45) is 7.05 Å². The predicted octanol–water partition coefficient (Wildman–Crippen LogP) is 3.43. The van der Waals surface area contributed by atoms with E-state index in [-0.39, 0.29) is 5.54 Å². The minimum atomic E-state index is 0.163. The summed E-state index contributed by atoms with van der Waals surface area (Å²) in [4.78, 5) is 0. The Morgan fingerprint density at radius 2 is 1.95 bits per heavy atom. The Labute approximate surface area is 121 Å². The van der Waals surface area contributed by atoms with Crippen LogP contribution < -0.4 is 10.1 Å². The topological polar surface area (TPSA) is 26.2 Å². The maximum absolute atomic E-state index is 5.36. The monoisotopic (exact) mass is 274 g/mol. The number of ether oxygens (including phenoxy) is 1. The van der Waals surface area contributed by atoms with Crippen molar-refractivity contribution in [3.8, 4) is 5.75 Å². The third-order valence-corrected chi connectivity index (χ3v) is 3.86. The van der Waals surface area contributed by atoms with Crippen molar-refractivity contribution in [1.29, 1.82) is 0 Å². The average Bonchev–Trinajstić information content (AvgIpc) is 2.62. The Balaban J connectivity index is 2.33. The van der Waals surface area contributed by atoms with Crippen LogP contribution in [-0.2, 0) is 13.5 Å². The lowest BCUT2D eigenvalue weighted by molar-refractivity contribution is 0.415. The zero-order valence-electron chi connectivity index (χ0n) is 13.5. The molecule has 0 aliphatic carbocycles. The van der Waals surface area contributed by atoms with Gasteiger partial charge in [0.2, 0.25) is 0 Å². The summed E-state index contributed by atoms with van der Waals surface area (Å²) < 4.78 is 7.63. The van der Waals surface area contributed by atoms with E-state index in [0.29, 0.717) is 0 Å². The van der Waals surface area contributed by atoms with Gasteiger partial charge in [-0.2, -0.15) is 0 Å². The Morgan fingerprint density at radius 1 is 1.25 bits per heavy atom. The van der Waals surface area contributed by atoms with Crippen LogP contribution in [0.5, 0.6) is 5.75 Å². The van der Waals surface area contributed by atoms with Crippen LogP contribution in [0, 0.1) is 6.92 Å². The fraction of sp³-hybridized carbons (Fsp3) is 0.529. The van der Waals surface area contributed by atoms with Crippen LogP contribution in [0.4, 0.5) is 0 Å². The Morgan fingerprint density at radius 3 is 2.55 bits per heavy atom. The quantitative estimate of drug-likeness (QED) is 0.924. The van der Waals surface area contributed by atoms with Gasteiger partial charge in [-0.3, -0.25) is 0 Å². The number of aryl methyl sites for hydroxylation is 1. The summed E-state index contributed by atoms with van der Waals surface area (Å²) in [5.41, 5.74) is 4.19. The first kappa shape index (κ1) is 14.9. The number of rotatable bonds is 4. The number of nitrogens with zero attached hydrogens (tertiary/aromatic N) is 1. The average molecular weight is 274 g/mol. The van der Waals surface area contributed by atoms with E-state index in [2.05, 4.69) is 56.8 Å². The molecule has 0 aliphatic rings. The summed E-state index contributed by atoms with van der Waals surface area (Å²) >= 11 is 0. The molecule has 3 heteroatoms. The lowest BCUT2D eigenvalue weighted by Gasteiger charge is -2.20. The van der Waals surface area contributed by atoms with Crippen molar-refractivity contribution in [3.05, 3.63) is 29.5 Å². The second-order valence-corrected chi connectivity index (χ2v) is 6.43. The molecule has 0 radical (unpaired) electrons. The van der Waals surface area contributed by atoms with Gasteiger partial charge < -0.3 is 14.6 Å². The van der Waals surface area contributed by atoms with Crippen LogP contribution in [0.1, 0.15) is 32.0 Å². The number of nitrogens with one attached hydrogen (secondary N) is 1. The molecule has 1 heterocycles. The van der Waals surface area contributed by atoms with Gasteiger partial charge in [0, 0.05) is 29.2 Å². The molecule has 0 saturated heterocycles. The van der Waals surface area contributed by atoms with Crippen molar-refractivity contribution >= 4 is 10.9 Å². The standard InChI is InChI=1S/C17H26N2O/c1-12-14(9-10-18-17(2,3)4)15-11-13(20-6)7-8-16(15)19(12)5/h7-8,11,18H,9-10H2,1-6H3. The molecule has 3 nitrogen and oxygen atoms in total. The molecule has 0 unspecified atom stereocenters. The van der Waals surface area contributed by atoms with Gasteiger partial charge in [-0.15, -0.1) is 0 Å². The normalized spacial score (nSPS) is 12.1. The van der Waals surface area contributed by atoms with E-state index in [1.165, 1.54) is 22.2 Å². The van der Waals surface area contributed by atoms with E-state index < -0.39 is 0 Å². The van der Waals surface area contributed by atoms with Crippen LogP contribution >= 0.6 is 0 Å². The highest BCUT2D eigenvalue weighted by Crippen LogP contribution is 2.28. The fourth-order valence-electron chi connectivity index (χ4n) is 2.63. The highest BCUT2D eigenvalue weighted by Gasteiger charge is 2.14. The smallest absolute Gasteiger partial charge is 0.119 e. The van der Waals surface area contributed by atoms with E-state index in [1.807, 2.05) is 6.07 Å². The lowest BCUT2D eigenvalue weighted by atomic mass is 10.1. The van der Waals surface area contributed by atoms with E-state index in [0.717, 1.165) is 18.7 Å². The molecular weight excluding hydrogens is 248 g/mol. The van der Waals surface area contributed by atoms with E-state index in [9.17, 15) is 0 Å². The van der Waals surface area contributed by atoms with Gasteiger partial charge in [0.05, 0.1) is 7.11 Å². The van der Waals surface area contributed by atoms with Gasteiger partial charge in [-0.25, -0.2) is 0 Å². The Bertz CT molecular complexity index is 605. The van der Waals surface area contributed by atoms with Gasteiger partial charge in [0.1, 0.15) is 5.75 Å². The van der Waals surface area contributed by atoms with Crippen molar-refractivity contribution in [1.82, 2.24) is 9.88 Å². The number of hydrogen-bond donors (Lipinski definition) is 1. The highest BCUT2D eigenvalue weighted by molar-refractivity contribution is 5.86. The van der Waals surface area contributed by atoms with Gasteiger partial charge in [-0.05, 0) is 64.4 Å². The molecule has 0 fully saturated rings. The molecule has 1 N–H and O–H groups in total. The summed E-state index contributed by atoms with van der Waals surface area (Å²) in [5.74, 6) is 0.924. The number of methoxy groups -OCH3 is 1. The summed E-state index contributed by atoms with van der Waals surface area (Å²) in [7, 11) is 3.85. The second kappa shape index (κ2) is 5.49. The molecule has 0 bridgehead atoms. The molecule has 0 amide bonds. The molecule has 1 aromatic carbocycles. The number of aromatic nitrogens is 1. The second-order valence-electron chi connectivity index (χ2n) is 6.43. The van der Waals surface area contributed by atoms with Crippen LogP contribution in [0.2, 0.25) is 0 Å². The van der Waals surface area contributed by atoms with Crippen LogP contribution in [0.25, 0.3) is 10.9 Å². The number of benzene rings is 1. The summed E-state index contributed by atoms with van der Waals surface area (Å²) in [6.45, 7) is 9.78. The first-order chi connectivity index (χ1) is 9.33. The predicted molar refractivity (Wildman–Crippen MR) is 85.7 cm³/mol. The van der Waals surface area contributed by atoms with Crippen molar-refractivity contribution in [3.63, 3.8) is 0 Å². The molecule has 0 saturated carbocycles. The van der Waals surface area contributed by atoms with Crippen LogP contribution in [-0.4, -0.2) is 23.8 Å². The van der Waals surface area contributed by atoms with E-state index >= 15 is 0 Å². The molecule has 2 aromatic rings. The first-order valence-electron chi connectivity index (χ1n) is 7.20. The Hall–Kier alpha value is -1.48. The molecule has 0 atom stereocenters. The minimum absolute atomic E-state index is 0.163.